The Morgan fingerprint density at radius 3 is 2.69 bits per heavy atom. The molecule has 1 unspecified atom stereocenters. The molecule has 32 heavy (non-hydrogen) atoms. The van der Waals surface area contributed by atoms with Crippen LogP contribution in [0.5, 0.6) is 0 Å². The Balaban J connectivity index is 1.30. The van der Waals surface area contributed by atoms with Crippen molar-refractivity contribution in [3.05, 3.63) is 35.7 Å². The van der Waals surface area contributed by atoms with Crippen LogP contribution in [0.25, 0.3) is 11.4 Å². The highest BCUT2D eigenvalue weighted by atomic mass is 32.2. The van der Waals surface area contributed by atoms with Gasteiger partial charge in [0.2, 0.25) is 17.7 Å². The molecule has 0 bridgehead atoms. The summed E-state index contributed by atoms with van der Waals surface area (Å²) in [5.74, 6) is 2.60. The van der Waals surface area contributed by atoms with E-state index in [0.29, 0.717) is 30.7 Å². The lowest BCUT2D eigenvalue weighted by Crippen LogP contribution is -2.38. The van der Waals surface area contributed by atoms with Crippen molar-refractivity contribution in [3.63, 3.8) is 0 Å². The van der Waals surface area contributed by atoms with Crippen molar-refractivity contribution in [2.45, 2.75) is 49.7 Å². The fourth-order valence-electron chi connectivity index (χ4n) is 3.98. The second kappa shape index (κ2) is 10.0. The Bertz CT molecular complexity index is 1010. The third kappa shape index (κ3) is 4.82. The van der Waals surface area contributed by atoms with E-state index in [-0.39, 0.29) is 6.10 Å². The van der Waals surface area contributed by atoms with Gasteiger partial charge in [-0.2, -0.15) is 4.98 Å². The average Bonchev–Trinajstić information content (AvgIpc) is 3.60. The minimum atomic E-state index is 0.200. The Morgan fingerprint density at radius 2 is 1.94 bits per heavy atom. The molecule has 2 fully saturated rings. The normalized spacial score (nSPS) is 19.0. The van der Waals surface area contributed by atoms with E-state index in [0.717, 1.165) is 62.2 Å². The minimum Gasteiger partial charge on any atom is -0.378 e. The highest BCUT2D eigenvalue weighted by Crippen LogP contribution is 2.28. The van der Waals surface area contributed by atoms with Crippen LogP contribution in [-0.2, 0) is 28.2 Å². The zero-order valence-corrected chi connectivity index (χ0v) is 19.1. The van der Waals surface area contributed by atoms with Gasteiger partial charge in [-0.05, 0) is 24.8 Å². The molecule has 1 aromatic carbocycles. The maximum Gasteiger partial charge on any atom is 0.237 e. The number of thioether (sulfide) groups is 1. The molecule has 9 nitrogen and oxygen atoms in total. The molecule has 10 heteroatoms. The average molecular weight is 457 g/mol. The Morgan fingerprint density at radius 1 is 1.09 bits per heavy atom. The minimum absolute atomic E-state index is 0.200. The molecule has 2 aliphatic rings. The first-order valence-corrected chi connectivity index (χ1v) is 12.2. The number of morpholine rings is 1. The van der Waals surface area contributed by atoms with Crippen LogP contribution in [0.2, 0.25) is 0 Å². The molecule has 5 rings (SSSR count). The van der Waals surface area contributed by atoms with Crippen LogP contribution in [0.4, 0.5) is 5.95 Å². The van der Waals surface area contributed by atoms with Gasteiger partial charge in [0.1, 0.15) is 0 Å². The van der Waals surface area contributed by atoms with Gasteiger partial charge in [-0.25, -0.2) is 0 Å². The van der Waals surface area contributed by atoms with E-state index in [4.69, 9.17) is 14.0 Å². The van der Waals surface area contributed by atoms with E-state index in [9.17, 15) is 0 Å². The molecule has 170 valence electrons. The van der Waals surface area contributed by atoms with Gasteiger partial charge in [0, 0.05) is 25.3 Å². The van der Waals surface area contributed by atoms with E-state index in [1.165, 1.54) is 5.56 Å². The van der Waals surface area contributed by atoms with Gasteiger partial charge in [-0.3, -0.25) is 4.57 Å². The number of hydrogen-bond donors (Lipinski definition) is 0. The van der Waals surface area contributed by atoms with E-state index < -0.39 is 0 Å². The second-order valence-electron chi connectivity index (χ2n) is 7.98. The summed E-state index contributed by atoms with van der Waals surface area (Å²) in [7, 11) is 0. The fourth-order valence-corrected chi connectivity index (χ4v) is 4.76. The van der Waals surface area contributed by atoms with Crippen molar-refractivity contribution in [3.8, 4) is 11.4 Å². The van der Waals surface area contributed by atoms with Crippen molar-refractivity contribution < 1.29 is 14.0 Å². The summed E-state index contributed by atoms with van der Waals surface area (Å²) in [6, 6.07) is 8.27. The standard InChI is InChI=1S/C22H28N6O3S/c1-2-16-5-7-17(8-6-16)20-23-19(31-26-20)15-32-22-25-24-21(27-9-12-29-13-10-27)28(22)14-18-4-3-11-30-18/h5-8,18H,2-4,9-15H2,1H3. The summed E-state index contributed by atoms with van der Waals surface area (Å²) in [6.45, 7) is 6.77. The molecule has 0 N–H and O–H groups in total. The van der Waals surface area contributed by atoms with Gasteiger partial charge < -0.3 is 18.9 Å². The van der Waals surface area contributed by atoms with Crippen molar-refractivity contribution in [2.24, 2.45) is 0 Å². The number of benzene rings is 1. The van der Waals surface area contributed by atoms with Gasteiger partial charge in [-0.15, -0.1) is 10.2 Å². The summed E-state index contributed by atoms with van der Waals surface area (Å²) in [5, 5.41) is 14.0. The van der Waals surface area contributed by atoms with Crippen LogP contribution < -0.4 is 4.90 Å². The third-order valence-corrected chi connectivity index (χ3v) is 6.77. The number of aromatic nitrogens is 5. The second-order valence-corrected chi connectivity index (χ2v) is 8.92. The van der Waals surface area contributed by atoms with Crippen LogP contribution in [-0.4, -0.2) is 63.9 Å². The number of hydrogen-bond acceptors (Lipinski definition) is 9. The van der Waals surface area contributed by atoms with Crippen molar-refractivity contribution >= 4 is 17.7 Å². The molecule has 1 atom stereocenters. The molecule has 0 saturated carbocycles. The summed E-state index contributed by atoms with van der Waals surface area (Å²) < 4.78 is 19.1. The lowest BCUT2D eigenvalue weighted by molar-refractivity contribution is 0.0942. The van der Waals surface area contributed by atoms with Crippen molar-refractivity contribution in [1.82, 2.24) is 24.9 Å². The first-order chi connectivity index (χ1) is 15.8. The molecule has 2 aliphatic heterocycles. The maximum absolute atomic E-state index is 5.89. The number of ether oxygens (including phenoxy) is 2. The molecule has 0 aliphatic carbocycles. The highest BCUT2D eigenvalue weighted by molar-refractivity contribution is 7.98. The van der Waals surface area contributed by atoms with E-state index in [1.807, 2.05) is 12.1 Å². The van der Waals surface area contributed by atoms with Gasteiger partial charge in [0.05, 0.1) is 31.6 Å². The fraction of sp³-hybridized carbons (Fsp3) is 0.545. The molecular weight excluding hydrogens is 428 g/mol. The number of rotatable bonds is 8. The van der Waals surface area contributed by atoms with Crippen LogP contribution in [0.1, 0.15) is 31.2 Å². The Hall–Kier alpha value is -2.43. The largest absolute Gasteiger partial charge is 0.378 e. The monoisotopic (exact) mass is 456 g/mol. The zero-order chi connectivity index (χ0) is 21.8. The molecule has 2 aromatic heterocycles. The molecule has 0 radical (unpaired) electrons. The van der Waals surface area contributed by atoms with E-state index in [1.54, 1.807) is 11.8 Å². The topological polar surface area (TPSA) is 91.3 Å². The zero-order valence-electron chi connectivity index (χ0n) is 18.3. The van der Waals surface area contributed by atoms with E-state index >= 15 is 0 Å². The molecule has 3 aromatic rings. The van der Waals surface area contributed by atoms with Crippen molar-refractivity contribution in [1.29, 1.82) is 0 Å². The number of nitrogens with zero attached hydrogens (tertiary/aromatic N) is 6. The summed E-state index contributed by atoms with van der Waals surface area (Å²) in [6.07, 6.45) is 3.38. The lowest BCUT2D eigenvalue weighted by Gasteiger charge is -2.28. The number of aryl methyl sites for hydroxylation is 1. The van der Waals surface area contributed by atoms with Gasteiger partial charge in [0.15, 0.2) is 5.16 Å². The first kappa shape index (κ1) is 21.4. The SMILES string of the molecule is CCc1ccc(-c2noc(CSc3nnc(N4CCOCC4)n3CC3CCCO3)n2)cc1. The predicted molar refractivity (Wildman–Crippen MR) is 121 cm³/mol. The molecular formula is C22H28N6O3S. The first-order valence-electron chi connectivity index (χ1n) is 11.2. The molecule has 0 amide bonds. The van der Waals surface area contributed by atoms with Crippen LogP contribution in [0.3, 0.4) is 0 Å². The third-order valence-electron chi connectivity index (χ3n) is 5.81. The van der Waals surface area contributed by atoms with Crippen LogP contribution >= 0.6 is 11.8 Å². The van der Waals surface area contributed by atoms with Gasteiger partial charge in [-0.1, -0.05) is 48.1 Å². The quantitative estimate of drug-likeness (QED) is 0.474. The number of anilines is 1. The van der Waals surface area contributed by atoms with E-state index in [2.05, 4.69) is 48.9 Å². The molecule has 2 saturated heterocycles. The van der Waals surface area contributed by atoms with Crippen LogP contribution in [0, 0.1) is 0 Å². The van der Waals surface area contributed by atoms with Gasteiger partial charge >= 0.3 is 0 Å². The van der Waals surface area contributed by atoms with Crippen LogP contribution in [0.15, 0.2) is 33.9 Å². The van der Waals surface area contributed by atoms with Crippen molar-refractivity contribution in [2.75, 3.05) is 37.8 Å². The predicted octanol–water partition coefficient (Wildman–Crippen LogP) is 3.20. The Kier molecular flexibility index (Phi) is 6.70. The smallest absolute Gasteiger partial charge is 0.237 e. The summed E-state index contributed by atoms with van der Waals surface area (Å²) in [5.41, 5.74) is 2.24. The molecule has 0 spiro atoms. The molecule has 4 heterocycles. The summed E-state index contributed by atoms with van der Waals surface area (Å²) in [4.78, 5) is 6.81. The highest BCUT2D eigenvalue weighted by Gasteiger charge is 2.25. The Labute approximate surface area is 191 Å². The lowest BCUT2D eigenvalue weighted by atomic mass is 10.1. The van der Waals surface area contributed by atoms with Gasteiger partial charge in [0.25, 0.3) is 0 Å². The summed E-state index contributed by atoms with van der Waals surface area (Å²) >= 11 is 1.56. The maximum atomic E-state index is 5.89.